The van der Waals surface area contributed by atoms with Crippen molar-refractivity contribution in [2.45, 2.75) is 11.8 Å². The Labute approximate surface area is 103 Å². The maximum Gasteiger partial charge on any atom is 0.265 e. The third-order valence-electron chi connectivity index (χ3n) is 2.41. The molecule has 0 aliphatic carbocycles. The van der Waals surface area contributed by atoms with Gasteiger partial charge in [0.15, 0.2) is 0 Å². The van der Waals surface area contributed by atoms with Gasteiger partial charge in [0.2, 0.25) is 0 Å². The minimum Gasteiger partial charge on any atom is -0.270 e. The van der Waals surface area contributed by atoms with Crippen LogP contribution < -0.4 is 0 Å². The predicted octanol–water partition coefficient (Wildman–Crippen LogP) is 1.87. The van der Waals surface area contributed by atoms with Crippen LogP contribution in [-0.4, -0.2) is 31.6 Å². The minimum atomic E-state index is -3.42. The zero-order valence-corrected chi connectivity index (χ0v) is 11.1. The summed E-state index contributed by atoms with van der Waals surface area (Å²) in [6.07, 6.45) is 0. The van der Waals surface area contributed by atoms with Gasteiger partial charge in [-0.05, 0) is 31.2 Å². The van der Waals surface area contributed by atoms with Crippen molar-refractivity contribution >= 4 is 31.8 Å². The number of aliphatic imine (C=N–C) groups is 1. The molecular weight excluding hydrogens is 292 g/mol. The van der Waals surface area contributed by atoms with Crippen molar-refractivity contribution in [1.29, 1.82) is 0 Å². The normalized spacial score (nSPS) is 16.4. The van der Waals surface area contributed by atoms with E-state index in [9.17, 15) is 8.42 Å². The lowest BCUT2D eigenvalue weighted by Crippen LogP contribution is -2.32. The van der Waals surface area contributed by atoms with Gasteiger partial charge in [-0.25, -0.2) is 8.42 Å². The highest BCUT2D eigenvalue weighted by Gasteiger charge is 2.27. The number of sulfonamides is 1. The van der Waals surface area contributed by atoms with E-state index in [-0.39, 0.29) is 0 Å². The summed E-state index contributed by atoms with van der Waals surface area (Å²) >= 11 is 3.28. The zero-order valence-electron chi connectivity index (χ0n) is 8.72. The van der Waals surface area contributed by atoms with Crippen LogP contribution in [0.5, 0.6) is 0 Å². The molecule has 0 unspecified atom stereocenters. The molecule has 16 heavy (non-hydrogen) atoms. The SMILES string of the molecule is CC1=NCCN1S(=O)(=O)c1ccc(Br)cc1. The molecule has 0 amide bonds. The summed E-state index contributed by atoms with van der Waals surface area (Å²) in [4.78, 5) is 4.38. The van der Waals surface area contributed by atoms with Crippen LogP contribution in [0.1, 0.15) is 6.92 Å². The zero-order chi connectivity index (χ0) is 11.8. The van der Waals surface area contributed by atoms with Gasteiger partial charge >= 0.3 is 0 Å². The van der Waals surface area contributed by atoms with Crippen molar-refractivity contribution in [2.75, 3.05) is 13.1 Å². The average Bonchev–Trinajstić information content (AvgIpc) is 2.66. The van der Waals surface area contributed by atoms with Crippen molar-refractivity contribution in [3.05, 3.63) is 28.7 Å². The molecule has 0 spiro atoms. The highest BCUT2D eigenvalue weighted by Crippen LogP contribution is 2.20. The molecule has 1 aromatic carbocycles. The smallest absolute Gasteiger partial charge is 0.265 e. The largest absolute Gasteiger partial charge is 0.270 e. The summed E-state index contributed by atoms with van der Waals surface area (Å²) in [6, 6.07) is 6.61. The molecule has 0 atom stereocenters. The summed E-state index contributed by atoms with van der Waals surface area (Å²) in [5.41, 5.74) is 0. The van der Waals surface area contributed by atoms with Gasteiger partial charge < -0.3 is 0 Å². The Morgan fingerprint density at radius 3 is 2.44 bits per heavy atom. The molecule has 6 heteroatoms. The quantitative estimate of drug-likeness (QED) is 0.837. The van der Waals surface area contributed by atoms with Gasteiger partial charge in [0.05, 0.1) is 18.0 Å². The molecule has 1 aliphatic heterocycles. The Bertz CT molecular complexity index is 522. The number of hydrogen-bond donors (Lipinski definition) is 0. The van der Waals surface area contributed by atoms with Crippen molar-refractivity contribution in [3.8, 4) is 0 Å². The molecule has 0 N–H and O–H groups in total. The van der Waals surface area contributed by atoms with Gasteiger partial charge in [0, 0.05) is 4.47 Å². The standard InChI is InChI=1S/C10H11BrN2O2S/c1-8-12-6-7-13(8)16(14,15)10-4-2-9(11)3-5-10/h2-5H,6-7H2,1H3. The van der Waals surface area contributed by atoms with E-state index in [2.05, 4.69) is 20.9 Å². The van der Waals surface area contributed by atoms with E-state index in [0.29, 0.717) is 23.8 Å². The summed E-state index contributed by atoms with van der Waals surface area (Å²) in [6.45, 7) is 2.69. The number of rotatable bonds is 2. The second kappa shape index (κ2) is 4.18. The lowest BCUT2D eigenvalue weighted by atomic mass is 10.4. The Hall–Kier alpha value is -0.880. The Balaban J connectivity index is 2.39. The average molecular weight is 303 g/mol. The first-order chi connectivity index (χ1) is 7.51. The Kier molecular flexibility index (Phi) is 3.03. The lowest BCUT2D eigenvalue weighted by Gasteiger charge is -2.18. The number of nitrogens with zero attached hydrogens (tertiary/aromatic N) is 2. The molecule has 0 radical (unpaired) electrons. The molecule has 0 fully saturated rings. The van der Waals surface area contributed by atoms with Crippen LogP contribution in [0, 0.1) is 0 Å². The molecule has 0 aromatic heterocycles. The van der Waals surface area contributed by atoms with Crippen molar-refractivity contribution in [2.24, 2.45) is 4.99 Å². The van der Waals surface area contributed by atoms with E-state index in [1.807, 2.05) is 0 Å². The number of hydrogen-bond acceptors (Lipinski definition) is 3. The highest BCUT2D eigenvalue weighted by atomic mass is 79.9. The van der Waals surface area contributed by atoms with Crippen LogP contribution >= 0.6 is 15.9 Å². The third kappa shape index (κ3) is 1.99. The van der Waals surface area contributed by atoms with E-state index < -0.39 is 10.0 Å². The van der Waals surface area contributed by atoms with Gasteiger partial charge in [-0.2, -0.15) is 0 Å². The van der Waals surface area contributed by atoms with Gasteiger partial charge in [-0.1, -0.05) is 15.9 Å². The molecule has 0 bridgehead atoms. The second-order valence-electron chi connectivity index (χ2n) is 3.46. The third-order valence-corrected chi connectivity index (χ3v) is 4.83. The molecule has 1 heterocycles. The van der Waals surface area contributed by atoms with E-state index in [1.165, 1.54) is 4.31 Å². The fraction of sp³-hybridized carbons (Fsp3) is 0.300. The van der Waals surface area contributed by atoms with Gasteiger partial charge in [-0.3, -0.25) is 9.30 Å². The van der Waals surface area contributed by atoms with Crippen LogP contribution in [0.4, 0.5) is 0 Å². The van der Waals surface area contributed by atoms with Crippen LogP contribution in [-0.2, 0) is 10.0 Å². The van der Waals surface area contributed by atoms with Crippen molar-refractivity contribution in [3.63, 3.8) is 0 Å². The first-order valence-corrected chi connectivity index (χ1v) is 7.04. The van der Waals surface area contributed by atoms with E-state index in [1.54, 1.807) is 31.2 Å². The second-order valence-corrected chi connectivity index (χ2v) is 6.24. The molecular formula is C10H11BrN2O2S. The highest BCUT2D eigenvalue weighted by molar-refractivity contribution is 9.10. The molecule has 2 rings (SSSR count). The van der Waals surface area contributed by atoms with Crippen LogP contribution in [0.3, 0.4) is 0 Å². The maximum atomic E-state index is 12.2. The Morgan fingerprint density at radius 1 is 1.31 bits per heavy atom. The van der Waals surface area contributed by atoms with Crippen molar-refractivity contribution < 1.29 is 8.42 Å². The molecule has 0 saturated carbocycles. The van der Waals surface area contributed by atoms with Gasteiger partial charge in [-0.15, -0.1) is 0 Å². The lowest BCUT2D eigenvalue weighted by molar-refractivity contribution is 0.537. The molecule has 4 nitrogen and oxygen atoms in total. The first-order valence-electron chi connectivity index (χ1n) is 4.81. The maximum absolute atomic E-state index is 12.2. The van der Waals surface area contributed by atoms with Gasteiger partial charge in [0.25, 0.3) is 10.0 Å². The molecule has 86 valence electrons. The number of benzene rings is 1. The predicted molar refractivity (Wildman–Crippen MR) is 66.0 cm³/mol. The van der Waals surface area contributed by atoms with Crippen LogP contribution in [0.25, 0.3) is 0 Å². The van der Waals surface area contributed by atoms with Crippen molar-refractivity contribution in [1.82, 2.24) is 4.31 Å². The number of amidine groups is 1. The fourth-order valence-electron chi connectivity index (χ4n) is 1.57. The topological polar surface area (TPSA) is 49.7 Å². The minimum absolute atomic E-state index is 0.298. The molecule has 1 aliphatic rings. The Morgan fingerprint density at radius 2 is 1.94 bits per heavy atom. The van der Waals surface area contributed by atoms with E-state index in [0.717, 1.165) is 4.47 Å². The van der Waals surface area contributed by atoms with Crippen LogP contribution in [0.2, 0.25) is 0 Å². The van der Waals surface area contributed by atoms with Gasteiger partial charge in [0.1, 0.15) is 5.84 Å². The van der Waals surface area contributed by atoms with E-state index >= 15 is 0 Å². The fourth-order valence-corrected chi connectivity index (χ4v) is 3.30. The first kappa shape index (κ1) is 11.6. The summed E-state index contributed by atoms with van der Waals surface area (Å²) in [7, 11) is -3.42. The molecule has 1 aromatic rings. The summed E-state index contributed by atoms with van der Waals surface area (Å²) in [5.74, 6) is 0.558. The summed E-state index contributed by atoms with van der Waals surface area (Å²) < 4.78 is 26.6. The molecule has 0 saturated heterocycles. The summed E-state index contributed by atoms with van der Waals surface area (Å²) in [5, 5.41) is 0. The monoisotopic (exact) mass is 302 g/mol. The number of halogens is 1. The van der Waals surface area contributed by atoms with Crippen LogP contribution in [0.15, 0.2) is 38.6 Å². The van der Waals surface area contributed by atoms with E-state index in [4.69, 9.17) is 0 Å².